The lowest BCUT2D eigenvalue weighted by Gasteiger charge is -2.19. The number of nitrogens with one attached hydrogen (secondary N) is 1. The van der Waals surface area contributed by atoms with Crippen LogP contribution in [0.15, 0.2) is 29.7 Å². The van der Waals surface area contributed by atoms with Crippen LogP contribution >= 0.6 is 0 Å². The number of hydrogen-bond donors (Lipinski definition) is 1. The van der Waals surface area contributed by atoms with Gasteiger partial charge in [-0.3, -0.25) is 4.79 Å². The summed E-state index contributed by atoms with van der Waals surface area (Å²) < 4.78 is 33.4. The molecule has 7 heteroatoms. The summed E-state index contributed by atoms with van der Waals surface area (Å²) in [6.07, 6.45) is 1.71. The Kier molecular flexibility index (Phi) is 3.59. The zero-order valence-corrected chi connectivity index (χ0v) is 12.1. The molecule has 3 rings (SSSR count). The highest BCUT2D eigenvalue weighted by molar-refractivity contribution is 7.94. The van der Waals surface area contributed by atoms with E-state index in [-0.39, 0.29) is 24.0 Å². The molecule has 1 N–H and O–H groups in total. The topological polar surface area (TPSA) is 81.7 Å². The van der Waals surface area contributed by atoms with Gasteiger partial charge in [-0.15, -0.1) is 0 Å². The molecule has 0 fully saturated rings. The Balaban J connectivity index is 1.61. The average molecular weight is 309 g/mol. The van der Waals surface area contributed by atoms with Crippen molar-refractivity contribution in [1.82, 2.24) is 0 Å². The molecule has 0 aromatic heterocycles. The van der Waals surface area contributed by atoms with Crippen molar-refractivity contribution in [2.24, 2.45) is 5.92 Å². The molecule has 1 unspecified atom stereocenters. The van der Waals surface area contributed by atoms with Crippen LogP contribution in [0.3, 0.4) is 0 Å². The molecule has 112 valence electrons. The van der Waals surface area contributed by atoms with Crippen molar-refractivity contribution in [2.45, 2.75) is 6.42 Å². The molecule has 2 heterocycles. The summed E-state index contributed by atoms with van der Waals surface area (Å²) in [5.74, 6) is 0.777. The first kappa shape index (κ1) is 13.9. The van der Waals surface area contributed by atoms with Gasteiger partial charge in [-0.05, 0) is 12.1 Å². The molecule has 0 saturated heterocycles. The lowest BCUT2D eigenvalue weighted by atomic mass is 10.1. The molecular formula is C14H15NO5S. The predicted octanol–water partition coefficient (Wildman–Crippen LogP) is 1.34. The Morgan fingerprint density at radius 1 is 1.24 bits per heavy atom. The van der Waals surface area contributed by atoms with E-state index in [9.17, 15) is 13.2 Å². The summed E-state index contributed by atoms with van der Waals surface area (Å²) in [5.41, 5.74) is 0.606. The second-order valence-corrected chi connectivity index (χ2v) is 6.96. The summed E-state index contributed by atoms with van der Waals surface area (Å²) in [4.78, 5) is 11.9. The van der Waals surface area contributed by atoms with Gasteiger partial charge in [0.2, 0.25) is 5.91 Å². The molecule has 1 aromatic rings. The number of benzene rings is 1. The van der Waals surface area contributed by atoms with Crippen molar-refractivity contribution in [3.8, 4) is 11.5 Å². The first-order valence-corrected chi connectivity index (χ1v) is 8.34. The van der Waals surface area contributed by atoms with Crippen LogP contribution in [0, 0.1) is 5.92 Å². The van der Waals surface area contributed by atoms with Crippen molar-refractivity contribution in [3.63, 3.8) is 0 Å². The summed E-state index contributed by atoms with van der Waals surface area (Å²) in [6.45, 7) is 0.996. The summed E-state index contributed by atoms with van der Waals surface area (Å²) in [5, 5.41) is 3.92. The summed E-state index contributed by atoms with van der Waals surface area (Å²) in [7, 11) is -3.12. The van der Waals surface area contributed by atoms with Gasteiger partial charge in [0.25, 0.3) is 0 Å². The van der Waals surface area contributed by atoms with Gasteiger partial charge in [-0.2, -0.15) is 0 Å². The predicted molar refractivity (Wildman–Crippen MR) is 77.1 cm³/mol. The first-order chi connectivity index (χ1) is 10.0. The maximum Gasteiger partial charge on any atom is 0.224 e. The van der Waals surface area contributed by atoms with E-state index in [0.717, 1.165) is 0 Å². The van der Waals surface area contributed by atoms with Crippen LogP contribution in [0.5, 0.6) is 11.5 Å². The highest BCUT2D eigenvalue weighted by Crippen LogP contribution is 2.32. The van der Waals surface area contributed by atoms with E-state index in [1.165, 1.54) is 5.41 Å². The molecule has 21 heavy (non-hydrogen) atoms. The lowest BCUT2D eigenvalue weighted by molar-refractivity contribution is -0.116. The van der Waals surface area contributed by atoms with E-state index in [0.29, 0.717) is 30.4 Å². The van der Waals surface area contributed by atoms with Crippen LogP contribution in [0.25, 0.3) is 0 Å². The number of anilines is 1. The highest BCUT2D eigenvalue weighted by atomic mass is 32.2. The molecule has 0 aliphatic carbocycles. The summed E-state index contributed by atoms with van der Waals surface area (Å²) >= 11 is 0. The molecule has 1 atom stereocenters. The number of allylic oxidation sites excluding steroid dienone is 1. The minimum absolute atomic E-state index is 0.00155. The van der Waals surface area contributed by atoms with E-state index in [1.54, 1.807) is 24.3 Å². The monoisotopic (exact) mass is 309 g/mol. The Bertz CT molecular complexity index is 695. The number of carbonyl (C=O) groups is 1. The Labute approximate surface area is 122 Å². The molecule has 6 nitrogen and oxygen atoms in total. The highest BCUT2D eigenvalue weighted by Gasteiger charge is 2.24. The third-order valence-electron chi connectivity index (χ3n) is 3.28. The number of rotatable bonds is 3. The largest absolute Gasteiger partial charge is 0.486 e. The SMILES string of the molecule is O=C(CC1C=CS(=O)(=O)C1)Nc1ccc2c(c1)OCCO2. The molecule has 1 aromatic carbocycles. The van der Waals surface area contributed by atoms with Crippen LogP contribution < -0.4 is 14.8 Å². The minimum atomic E-state index is -3.12. The second-order valence-electron chi connectivity index (χ2n) is 5.03. The number of amides is 1. The fourth-order valence-electron chi connectivity index (χ4n) is 2.34. The van der Waals surface area contributed by atoms with Gasteiger partial charge in [0.1, 0.15) is 13.2 Å². The van der Waals surface area contributed by atoms with E-state index in [1.807, 2.05) is 0 Å². The van der Waals surface area contributed by atoms with Gasteiger partial charge in [0.05, 0.1) is 5.75 Å². The standard InChI is InChI=1S/C14H15NO5S/c16-14(7-10-3-6-21(17,18)9-10)15-11-1-2-12-13(8-11)20-5-4-19-12/h1-3,6,8,10H,4-5,7,9H2,(H,15,16). The number of fused-ring (bicyclic) bond motifs is 1. The van der Waals surface area contributed by atoms with Crippen LogP contribution in [-0.4, -0.2) is 33.3 Å². The van der Waals surface area contributed by atoms with Crippen molar-refractivity contribution in [1.29, 1.82) is 0 Å². The molecule has 0 radical (unpaired) electrons. The zero-order chi connectivity index (χ0) is 14.9. The number of carbonyl (C=O) groups excluding carboxylic acids is 1. The first-order valence-electron chi connectivity index (χ1n) is 6.62. The molecular weight excluding hydrogens is 294 g/mol. The molecule has 2 aliphatic heterocycles. The zero-order valence-electron chi connectivity index (χ0n) is 11.2. The van der Waals surface area contributed by atoms with E-state index in [4.69, 9.17) is 9.47 Å². The number of ether oxygens (including phenoxy) is 2. The quantitative estimate of drug-likeness (QED) is 0.911. The van der Waals surface area contributed by atoms with Crippen LogP contribution in [0.1, 0.15) is 6.42 Å². The molecule has 0 bridgehead atoms. The van der Waals surface area contributed by atoms with E-state index in [2.05, 4.69) is 5.32 Å². The molecule has 0 saturated carbocycles. The Hall–Kier alpha value is -2.02. The Morgan fingerprint density at radius 2 is 2.00 bits per heavy atom. The third kappa shape index (κ3) is 3.36. The van der Waals surface area contributed by atoms with Crippen molar-refractivity contribution in [2.75, 3.05) is 24.3 Å². The maximum absolute atomic E-state index is 11.9. The van der Waals surface area contributed by atoms with E-state index < -0.39 is 9.84 Å². The smallest absolute Gasteiger partial charge is 0.224 e. The van der Waals surface area contributed by atoms with Gasteiger partial charge in [0.15, 0.2) is 21.3 Å². The number of hydrogen-bond acceptors (Lipinski definition) is 5. The van der Waals surface area contributed by atoms with Gasteiger partial charge < -0.3 is 14.8 Å². The fourth-order valence-corrected chi connectivity index (χ4v) is 3.74. The van der Waals surface area contributed by atoms with Crippen LogP contribution in [0.2, 0.25) is 0 Å². The average Bonchev–Trinajstić information content (AvgIpc) is 2.77. The fraction of sp³-hybridized carbons (Fsp3) is 0.357. The number of sulfone groups is 1. The van der Waals surface area contributed by atoms with Crippen molar-refractivity contribution in [3.05, 3.63) is 29.7 Å². The van der Waals surface area contributed by atoms with Gasteiger partial charge in [-0.1, -0.05) is 6.08 Å². The van der Waals surface area contributed by atoms with Crippen molar-refractivity contribution >= 4 is 21.4 Å². The van der Waals surface area contributed by atoms with Crippen LogP contribution in [0.4, 0.5) is 5.69 Å². The van der Waals surface area contributed by atoms with Crippen LogP contribution in [-0.2, 0) is 14.6 Å². The third-order valence-corrected chi connectivity index (χ3v) is 4.74. The van der Waals surface area contributed by atoms with Gasteiger partial charge >= 0.3 is 0 Å². The molecule has 2 aliphatic rings. The van der Waals surface area contributed by atoms with Gasteiger partial charge in [-0.25, -0.2) is 8.42 Å². The van der Waals surface area contributed by atoms with Gasteiger partial charge in [0, 0.05) is 29.5 Å². The second kappa shape index (κ2) is 5.40. The minimum Gasteiger partial charge on any atom is -0.486 e. The maximum atomic E-state index is 11.9. The van der Waals surface area contributed by atoms with E-state index >= 15 is 0 Å². The Morgan fingerprint density at radius 3 is 2.71 bits per heavy atom. The molecule has 1 amide bonds. The lowest BCUT2D eigenvalue weighted by Crippen LogP contribution is -2.18. The van der Waals surface area contributed by atoms with Crippen molar-refractivity contribution < 1.29 is 22.7 Å². The molecule has 0 spiro atoms. The normalized spacial score (nSPS) is 22.0. The summed E-state index contributed by atoms with van der Waals surface area (Å²) in [6, 6.07) is 5.17.